The van der Waals surface area contributed by atoms with Crippen LogP contribution in [0.3, 0.4) is 0 Å². The number of aromatic hydroxyl groups is 1. The Balaban J connectivity index is 1.54. The zero-order chi connectivity index (χ0) is 25.2. The first kappa shape index (κ1) is 24.9. The molecule has 1 amide bonds. The number of carbonyl (C=O) groups excluding carboxylic acids is 1. The molecule has 1 aliphatic carbocycles. The lowest BCUT2D eigenvalue weighted by Gasteiger charge is -2.20. The van der Waals surface area contributed by atoms with Crippen molar-refractivity contribution in [2.75, 3.05) is 5.32 Å². The number of alkyl halides is 3. The van der Waals surface area contributed by atoms with Crippen LogP contribution in [0.2, 0.25) is 0 Å². The van der Waals surface area contributed by atoms with Crippen molar-refractivity contribution in [2.24, 2.45) is 5.92 Å². The Morgan fingerprint density at radius 2 is 1.86 bits per heavy atom. The van der Waals surface area contributed by atoms with E-state index in [4.69, 9.17) is 0 Å². The van der Waals surface area contributed by atoms with E-state index in [1.807, 2.05) is 0 Å². The maximum Gasteiger partial charge on any atom is 0.446 e. The molecule has 7 nitrogen and oxygen atoms in total. The summed E-state index contributed by atoms with van der Waals surface area (Å²) in [5.74, 6) is 0.0147. The Kier molecular flexibility index (Phi) is 7.25. The lowest BCUT2D eigenvalue weighted by atomic mass is 9.89. The SMILES string of the molecule is Cc1c(O)n(-c2ccc(SC(F)(F)F)cc2)c(=O)n1Cc1ccnc(NC(=O)C2CCCCC2)c1. The summed E-state index contributed by atoms with van der Waals surface area (Å²) in [5.41, 5.74) is -3.72. The van der Waals surface area contributed by atoms with Crippen molar-refractivity contribution in [3.05, 3.63) is 64.3 Å². The van der Waals surface area contributed by atoms with Gasteiger partial charge in [-0.1, -0.05) is 19.3 Å². The molecule has 0 atom stereocenters. The van der Waals surface area contributed by atoms with Gasteiger partial charge >= 0.3 is 11.2 Å². The topological polar surface area (TPSA) is 89.2 Å². The zero-order valence-corrected chi connectivity index (χ0v) is 19.8. The average molecular weight is 507 g/mol. The summed E-state index contributed by atoms with van der Waals surface area (Å²) < 4.78 is 40.2. The molecular weight excluding hydrogens is 481 g/mol. The minimum atomic E-state index is -4.42. The van der Waals surface area contributed by atoms with E-state index in [9.17, 15) is 27.9 Å². The molecule has 35 heavy (non-hydrogen) atoms. The Morgan fingerprint density at radius 3 is 2.51 bits per heavy atom. The van der Waals surface area contributed by atoms with Crippen molar-refractivity contribution in [2.45, 2.75) is 56.0 Å². The molecule has 0 spiro atoms. The molecule has 0 saturated heterocycles. The van der Waals surface area contributed by atoms with Crippen LogP contribution in [0.1, 0.15) is 43.4 Å². The highest BCUT2D eigenvalue weighted by Gasteiger charge is 2.29. The second kappa shape index (κ2) is 10.2. The number of amides is 1. The molecule has 3 aromatic rings. The number of rotatable bonds is 6. The van der Waals surface area contributed by atoms with Gasteiger partial charge in [-0.05, 0) is 73.5 Å². The summed E-state index contributed by atoms with van der Waals surface area (Å²) in [6.07, 6.45) is 6.50. The summed E-state index contributed by atoms with van der Waals surface area (Å²) in [5, 5.41) is 13.4. The fourth-order valence-corrected chi connectivity index (χ4v) is 4.81. The Hall–Kier alpha value is -3.21. The monoisotopic (exact) mass is 506 g/mol. The standard InChI is InChI=1S/C24H25F3N4O3S/c1-15-22(33)31(18-7-9-19(10-8-18)35-24(25,26)27)23(34)30(15)14-16-11-12-28-20(13-16)29-21(32)17-5-3-2-4-6-17/h7-13,17,33H,2-6,14H2,1H3,(H,28,29,32). The average Bonchev–Trinajstić information content (AvgIpc) is 3.02. The Morgan fingerprint density at radius 1 is 1.17 bits per heavy atom. The van der Waals surface area contributed by atoms with E-state index < -0.39 is 11.2 Å². The number of carbonyl (C=O) groups is 1. The van der Waals surface area contributed by atoms with Gasteiger partial charge in [-0.25, -0.2) is 14.3 Å². The summed E-state index contributed by atoms with van der Waals surface area (Å²) >= 11 is -0.253. The number of aromatic nitrogens is 3. The predicted molar refractivity (Wildman–Crippen MR) is 127 cm³/mol. The first-order valence-electron chi connectivity index (χ1n) is 11.3. The van der Waals surface area contributed by atoms with E-state index in [1.54, 1.807) is 25.3 Å². The molecule has 1 saturated carbocycles. The number of thioether (sulfide) groups is 1. The number of nitrogens with one attached hydrogen (secondary N) is 1. The number of imidazole rings is 1. The van der Waals surface area contributed by atoms with E-state index in [1.165, 1.54) is 28.8 Å². The number of halogens is 3. The molecule has 2 aromatic heterocycles. The number of benzene rings is 1. The highest BCUT2D eigenvalue weighted by molar-refractivity contribution is 8.00. The smallest absolute Gasteiger partial charge is 0.446 e. The minimum Gasteiger partial charge on any atom is -0.493 e. The highest BCUT2D eigenvalue weighted by atomic mass is 32.2. The Bertz CT molecular complexity index is 1260. The first-order valence-corrected chi connectivity index (χ1v) is 12.1. The van der Waals surface area contributed by atoms with Crippen LogP contribution in [0, 0.1) is 12.8 Å². The number of hydrogen-bond donors (Lipinski definition) is 2. The van der Waals surface area contributed by atoms with E-state index in [0.29, 0.717) is 17.1 Å². The number of anilines is 1. The molecule has 1 fully saturated rings. The van der Waals surface area contributed by atoms with Gasteiger partial charge in [0.1, 0.15) is 5.82 Å². The Labute approximate surface area is 204 Å². The molecule has 0 radical (unpaired) electrons. The fourth-order valence-electron chi connectivity index (χ4n) is 4.27. The molecule has 0 aliphatic heterocycles. The van der Waals surface area contributed by atoms with Crippen molar-refractivity contribution < 1.29 is 23.1 Å². The minimum absolute atomic E-state index is 0.0223. The van der Waals surface area contributed by atoms with E-state index in [-0.39, 0.29) is 46.6 Å². The zero-order valence-electron chi connectivity index (χ0n) is 19.0. The first-order chi connectivity index (χ1) is 16.6. The normalized spacial score (nSPS) is 14.7. The van der Waals surface area contributed by atoms with Crippen LogP contribution in [0.4, 0.5) is 19.0 Å². The highest BCUT2D eigenvalue weighted by Crippen LogP contribution is 2.37. The fraction of sp³-hybridized carbons (Fsp3) is 0.375. The maximum absolute atomic E-state index is 13.1. The molecule has 2 N–H and O–H groups in total. The van der Waals surface area contributed by atoms with E-state index in [2.05, 4.69) is 10.3 Å². The van der Waals surface area contributed by atoms with Gasteiger partial charge < -0.3 is 10.4 Å². The van der Waals surface area contributed by atoms with Crippen molar-refractivity contribution >= 4 is 23.5 Å². The molecule has 11 heteroatoms. The molecule has 0 bridgehead atoms. The second-order valence-electron chi connectivity index (χ2n) is 8.53. The van der Waals surface area contributed by atoms with Crippen LogP contribution in [0.15, 0.2) is 52.3 Å². The van der Waals surface area contributed by atoms with Gasteiger partial charge in [0.2, 0.25) is 11.8 Å². The second-order valence-corrected chi connectivity index (χ2v) is 9.67. The summed E-state index contributed by atoms with van der Waals surface area (Å²) in [6.45, 7) is 1.69. The van der Waals surface area contributed by atoms with Gasteiger partial charge in [0, 0.05) is 17.0 Å². The molecule has 186 valence electrons. The van der Waals surface area contributed by atoms with Gasteiger partial charge in [-0.15, -0.1) is 0 Å². The van der Waals surface area contributed by atoms with Gasteiger partial charge in [-0.3, -0.25) is 9.36 Å². The van der Waals surface area contributed by atoms with Gasteiger partial charge in [-0.2, -0.15) is 13.2 Å². The summed E-state index contributed by atoms with van der Waals surface area (Å²) in [4.78, 5) is 29.8. The van der Waals surface area contributed by atoms with Crippen molar-refractivity contribution in [1.29, 1.82) is 0 Å². The quantitative estimate of drug-likeness (QED) is 0.447. The number of pyridine rings is 1. The number of hydrogen-bond acceptors (Lipinski definition) is 5. The molecule has 1 aromatic carbocycles. The van der Waals surface area contributed by atoms with Crippen LogP contribution < -0.4 is 11.0 Å². The predicted octanol–water partition coefficient (Wildman–Crippen LogP) is 5.23. The largest absolute Gasteiger partial charge is 0.493 e. The van der Waals surface area contributed by atoms with Crippen LogP contribution >= 0.6 is 11.8 Å². The van der Waals surface area contributed by atoms with Crippen LogP contribution in [0.5, 0.6) is 5.88 Å². The third-order valence-electron chi connectivity index (χ3n) is 6.08. The van der Waals surface area contributed by atoms with Gasteiger partial charge in [0.25, 0.3) is 0 Å². The van der Waals surface area contributed by atoms with Crippen molar-refractivity contribution in [3.63, 3.8) is 0 Å². The lowest BCUT2D eigenvalue weighted by Crippen LogP contribution is -2.25. The van der Waals surface area contributed by atoms with Crippen LogP contribution in [-0.2, 0) is 11.3 Å². The molecule has 4 rings (SSSR count). The summed E-state index contributed by atoms with van der Waals surface area (Å²) in [6, 6.07) is 8.59. The lowest BCUT2D eigenvalue weighted by molar-refractivity contribution is -0.120. The van der Waals surface area contributed by atoms with E-state index >= 15 is 0 Å². The van der Waals surface area contributed by atoms with Gasteiger partial charge in [0.05, 0.1) is 17.9 Å². The third-order valence-corrected chi connectivity index (χ3v) is 6.82. The van der Waals surface area contributed by atoms with Crippen LogP contribution in [0.25, 0.3) is 5.69 Å². The van der Waals surface area contributed by atoms with E-state index in [0.717, 1.165) is 36.7 Å². The third kappa shape index (κ3) is 5.90. The summed E-state index contributed by atoms with van der Waals surface area (Å²) in [7, 11) is 0. The maximum atomic E-state index is 13.1. The van der Waals surface area contributed by atoms with Crippen molar-refractivity contribution in [1.82, 2.24) is 14.1 Å². The molecule has 0 unspecified atom stereocenters. The molecule has 2 heterocycles. The van der Waals surface area contributed by atoms with Crippen LogP contribution in [-0.4, -0.2) is 30.6 Å². The van der Waals surface area contributed by atoms with Crippen molar-refractivity contribution in [3.8, 4) is 11.6 Å². The molecular formula is C24H25F3N4O3S. The van der Waals surface area contributed by atoms with Gasteiger partial charge in [0.15, 0.2) is 0 Å². The molecule has 1 aliphatic rings. The number of nitrogens with zero attached hydrogens (tertiary/aromatic N) is 3.